The van der Waals surface area contributed by atoms with Crippen molar-refractivity contribution >= 4 is 5.97 Å². The zero-order chi connectivity index (χ0) is 12.4. The first-order valence-electron chi connectivity index (χ1n) is 4.61. The van der Waals surface area contributed by atoms with Crippen LogP contribution in [0.25, 0.3) is 5.69 Å². The van der Waals surface area contributed by atoms with Gasteiger partial charge in [0.2, 0.25) is 0 Å². The van der Waals surface area contributed by atoms with E-state index >= 15 is 0 Å². The van der Waals surface area contributed by atoms with Gasteiger partial charge in [0, 0.05) is 0 Å². The summed E-state index contributed by atoms with van der Waals surface area (Å²) >= 11 is 0. The van der Waals surface area contributed by atoms with Gasteiger partial charge in [0.25, 0.3) is 0 Å². The van der Waals surface area contributed by atoms with E-state index in [2.05, 4.69) is 10.2 Å². The number of nitrogens with zero attached hydrogens (tertiary/aromatic N) is 3. The van der Waals surface area contributed by atoms with Crippen LogP contribution < -0.4 is 4.74 Å². The first-order chi connectivity index (χ1) is 8.15. The zero-order valence-corrected chi connectivity index (χ0v) is 8.79. The van der Waals surface area contributed by atoms with Gasteiger partial charge in [-0.05, 0) is 12.1 Å². The molecule has 0 amide bonds. The lowest BCUT2D eigenvalue weighted by molar-refractivity contribution is 0.0692. The van der Waals surface area contributed by atoms with Crippen molar-refractivity contribution in [3.8, 4) is 11.4 Å². The molecule has 0 fully saturated rings. The van der Waals surface area contributed by atoms with E-state index in [1.807, 2.05) is 0 Å². The molecule has 0 spiro atoms. The molecular weight excluding hydrogens is 229 g/mol. The fourth-order valence-corrected chi connectivity index (χ4v) is 1.45. The van der Waals surface area contributed by atoms with Gasteiger partial charge in [0.05, 0.1) is 19.5 Å². The number of rotatable bonds is 3. The van der Waals surface area contributed by atoms with E-state index < -0.39 is 11.8 Å². The summed E-state index contributed by atoms with van der Waals surface area (Å²) < 4.78 is 18.6. The summed E-state index contributed by atoms with van der Waals surface area (Å²) in [5.41, 5.74) is -0.564. The lowest BCUT2D eigenvalue weighted by Gasteiger charge is -2.10. The molecule has 0 aliphatic heterocycles. The molecule has 0 unspecified atom stereocenters. The Labute approximate surface area is 95.2 Å². The number of methoxy groups -OCH3 is 1. The number of carbonyl (C=O) groups is 1. The van der Waals surface area contributed by atoms with Crippen molar-refractivity contribution < 1.29 is 19.0 Å². The number of aromatic carboxylic acids is 1. The number of carboxylic acids is 1. The Bertz CT molecular complexity index is 554. The third kappa shape index (κ3) is 1.82. The van der Waals surface area contributed by atoms with Crippen molar-refractivity contribution in [3.63, 3.8) is 0 Å². The van der Waals surface area contributed by atoms with Crippen molar-refractivity contribution in [2.24, 2.45) is 0 Å². The highest BCUT2D eigenvalue weighted by atomic mass is 19.1. The molecule has 0 bridgehead atoms. The third-order valence-corrected chi connectivity index (χ3v) is 2.14. The summed E-state index contributed by atoms with van der Waals surface area (Å²) in [4.78, 5) is 12.0. The van der Waals surface area contributed by atoms with Crippen LogP contribution in [-0.4, -0.2) is 33.2 Å². The standard InChI is InChI=1S/C10H8FN3O3/c1-17-7-3-2-6(11)9(8(7)10(15)16)14-12-4-5-13-14/h2-5H,1H3,(H,15,16). The molecule has 0 radical (unpaired) electrons. The summed E-state index contributed by atoms with van der Waals surface area (Å²) in [6.45, 7) is 0. The largest absolute Gasteiger partial charge is 0.496 e. The van der Waals surface area contributed by atoms with Gasteiger partial charge in [-0.1, -0.05) is 0 Å². The molecule has 0 atom stereocenters. The lowest BCUT2D eigenvalue weighted by atomic mass is 10.1. The van der Waals surface area contributed by atoms with E-state index in [0.717, 1.165) is 10.9 Å². The smallest absolute Gasteiger partial charge is 0.341 e. The molecule has 1 aromatic carbocycles. The maximum absolute atomic E-state index is 13.7. The van der Waals surface area contributed by atoms with Crippen molar-refractivity contribution in [2.45, 2.75) is 0 Å². The summed E-state index contributed by atoms with van der Waals surface area (Å²) in [6, 6.07) is 2.34. The van der Waals surface area contributed by atoms with Crippen LogP contribution in [0.4, 0.5) is 4.39 Å². The molecular formula is C10H8FN3O3. The highest BCUT2D eigenvalue weighted by Gasteiger charge is 2.22. The molecule has 2 aromatic rings. The average Bonchev–Trinajstić information content (AvgIpc) is 2.81. The fourth-order valence-electron chi connectivity index (χ4n) is 1.45. The molecule has 1 aromatic heterocycles. The van der Waals surface area contributed by atoms with Crippen LogP contribution in [0.3, 0.4) is 0 Å². The number of hydrogen-bond donors (Lipinski definition) is 1. The molecule has 1 heterocycles. The van der Waals surface area contributed by atoms with Gasteiger partial charge < -0.3 is 9.84 Å². The summed E-state index contributed by atoms with van der Waals surface area (Å²) in [5, 5.41) is 16.5. The Balaban J connectivity index is 2.76. The number of hydrogen-bond acceptors (Lipinski definition) is 4. The monoisotopic (exact) mass is 237 g/mol. The topological polar surface area (TPSA) is 77.2 Å². The Morgan fingerprint density at radius 3 is 2.59 bits per heavy atom. The molecule has 0 aliphatic rings. The summed E-state index contributed by atoms with van der Waals surface area (Å²) in [5.74, 6) is -2.00. The van der Waals surface area contributed by atoms with Crippen LogP contribution >= 0.6 is 0 Å². The molecule has 88 valence electrons. The molecule has 0 saturated carbocycles. The van der Waals surface area contributed by atoms with Crippen LogP contribution in [0.1, 0.15) is 10.4 Å². The number of aromatic nitrogens is 3. The summed E-state index contributed by atoms with van der Waals surface area (Å²) in [6.07, 6.45) is 2.65. The van der Waals surface area contributed by atoms with E-state index in [1.165, 1.54) is 25.6 Å². The van der Waals surface area contributed by atoms with Gasteiger partial charge in [0.1, 0.15) is 17.0 Å². The molecule has 1 N–H and O–H groups in total. The predicted molar refractivity (Wildman–Crippen MR) is 54.8 cm³/mol. The van der Waals surface area contributed by atoms with Crippen LogP contribution in [0, 0.1) is 5.82 Å². The molecule has 7 heteroatoms. The molecule has 2 rings (SSSR count). The van der Waals surface area contributed by atoms with Crippen LogP contribution in [0.15, 0.2) is 24.5 Å². The number of halogens is 1. The van der Waals surface area contributed by atoms with Gasteiger partial charge in [-0.2, -0.15) is 10.2 Å². The molecule has 6 nitrogen and oxygen atoms in total. The van der Waals surface area contributed by atoms with E-state index in [-0.39, 0.29) is 17.0 Å². The van der Waals surface area contributed by atoms with Gasteiger partial charge in [-0.15, -0.1) is 4.80 Å². The zero-order valence-electron chi connectivity index (χ0n) is 8.79. The first kappa shape index (κ1) is 11.1. The van der Waals surface area contributed by atoms with Crippen LogP contribution in [0.2, 0.25) is 0 Å². The number of ether oxygens (including phenoxy) is 1. The van der Waals surface area contributed by atoms with Crippen molar-refractivity contribution in [1.82, 2.24) is 15.0 Å². The van der Waals surface area contributed by atoms with Gasteiger partial charge >= 0.3 is 5.97 Å². The minimum Gasteiger partial charge on any atom is -0.496 e. The Morgan fingerprint density at radius 1 is 1.41 bits per heavy atom. The maximum atomic E-state index is 13.7. The quantitative estimate of drug-likeness (QED) is 0.865. The second-order valence-corrected chi connectivity index (χ2v) is 3.10. The second kappa shape index (κ2) is 4.20. The minimum atomic E-state index is -1.31. The van der Waals surface area contributed by atoms with E-state index in [0.29, 0.717) is 0 Å². The van der Waals surface area contributed by atoms with Crippen molar-refractivity contribution in [1.29, 1.82) is 0 Å². The number of carboxylic acid groups (broad SMARTS) is 1. The normalized spacial score (nSPS) is 10.2. The second-order valence-electron chi connectivity index (χ2n) is 3.10. The van der Waals surface area contributed by atoms with E-state index in [9.17, 15) is 9.18 Å². The van der Waals surface area contributed by atoms with Crippen LogP contribution in [0.5, 0.6) is 5.75 Å². The van der Waals surface area contributed by atoms with E-state index in [1.54, 1.807) is 0 Å². The van der Waals surface area contributed by atoms with Crippen molar-refractivity contribution in [3.05, 3.63) is 35.9 Å². The number of benzene rings is 1. The Hall–Kier alpha value is -2.44. The maximum Gasteiger partial charge on any atom is 0.341 e. The lowest BCUT2D eigenvalue weighted by Crippen LogP contribution is -2.12. The third-order valence-electron chi connectivity index (χ3n) is 2.14. The van der Waals surface area contributed by atoms with Gasteiger partial charge in [0.15, 0.2) is 5.82 Å². The van der Waals surface area contributed by atoms with Gasteiger partial charge in [-0.3, -0.25) is 0 Å². The average molecular weight is 237 g/mol. The van der Waals surface area contributed by atoms with Crippen LogP contribution in [-0.2, 0) is 0 Å². The van der Waals surface area contributed by atoms with E-state index in [4.69, 9.17) is 9.84 Å². The Kier molecular flexibility index (Phi) is 2.73. The molecule has 0 saturated heterocycles. The highest BCUT2D eigenvalue weighted by Crippen LogP contribution is 2.27. The first-order valence-corrected chi connectivity index (χ1v) is 4.61. The fraction of sp³-hybridized carbons (Fsp3) is 0.100. The van der Waals surface area contributed by atoms with Crippen molar-refractivity contribution in [2.75, 3.05) is 7.11 Å². The minimum absolute atomic E-state index is 0.0474. The SMILES string of the molecule is COc1ccc(F)c(-n2nccn2)c1C(=O)O. The molecule has 0 aliphatic carbocycles. The predicted octanol–water partition coefficient (Wildman–Crippen LogP) is 1.11. The molecule has 17 heavy (non-hydrogen) atoms. The Morgan fingerprint density at radius 2 is 2.06 bits per heavy atom. The van der Waals surface area contributed by atoms with Gasteiger partial charge in [-0.25, -0.2) is 9.18 Å². The highest BCUT2D eigenvalue weighted by molar-refractivity contribution is 5.95. The summed E-state index contributed by atoms with van der Waals surface area (Å²) in [7, 11) is 1.31.